The molecule has 1 aliphatic rings. The van der Waals surface area contributed by atoms with E-state index in [9.17, 15) is 4.79 Å². The molecule has 4 heteroatoms. The fourth-order valence-electron chi connectivity index (χ4n) is 0.349. The fourth-order valence-corrected chi connectivity index (χ4v) is 0.349. The average Bonchev–Trinajstić information content (AvgIpc) is 1.91. The zero-order valence-electron chi connectivity index (χ0n) is 3.64. The van der Waals surface area contributed by atoms with Gasteiger partial charge >= 0.3 is 0 Å². The topological polar surface area (TPSA) is 67.5 Å². The first-order valence-electron chi connectivity index (χ1n) is 1.90. The van der Waals surface area contributed by atoms with Crippen molar-refractivity contribution in [2.75, 3.05) is 6.54 Å². The summed E-state index contributed by atoms with van der Waals surface area (Å²) in [6.45, 7) is 0.256. The summed E-state index contributed by atoms with van der Waals surface area (Å²) in [4.78, 5) is 10.3. The van der Waals surface area contributed by atoms with Gasteiger partial charge < -0.3 is 5.73 Å². The van der Waals surface area contributed by atoms with Gasteiger partial charge in [0.05, 0.1) is 6.54 Å². The molecule has 4 nitrogen and oxygen atoms in total. The van der Waals surface area contributed by atoms with E-state index in [2.05, 4.69) is 10.5 Å². The summed E-state index contributed by atoms with van der Waals surface area (Å²) in [6.07, 6.45) is 0. The highest BCUT2D eigenvalue weighted by molar-refractivity contribution is 6.40. The van der Waals surface area contributed by atoms with Crippen molar-refractivity contribution in [2.24, 2.45) is 10.8 Å². The van der Waals surface area contributed by atoms with E-state index in [1.165, 1.54) is 0 Å². The van der Waals surface area contributed by atoms with E-state index in [1.807, 2.05) is 0 Å². The number of nitrogens with one attached hydrogen (secondary N) is 1. The molecule has 1 heterocycles. The number of rotatable bonds is 0. The van der Waals surface area contributed by atoms with Crippen LogP contribution in [0.25, 0.3) is 0 Å². The predicted molar refractivity (Wildman–Crippen MR) is 24.6 cm³/mol. The van der Waals surface area contributed by atoms with Gasteiger partial charge in [0.1, 0.15) is 0 Å². The van der Waals surface area contributed by atoms with E-state index in [0.717, 1.165) is 0 Å². The van der Waals surface area contributed by atoms with Crippen LogP contribution in [-0.4, -0.2) is 18.2 Å². The maximum Gasteiger partial charge on any atom is 0.219 e. The summed E-state index contributed by atoms with van der Waals surface area (Å²) in [5.74, 6) is -0.0417. The molecule has 0 saturated heterocycles. The van der Waals surface area contributed by atoms with Crippen molar-refractivity contribution in [3.8, 4) is 0 Å². The number of carbonyl (C=O) groups excluding carboxylic acids is 1. The lowest BCUT2D eigenvalue weighted by Gasteiger charge is -1.77. The van der Waals surface area contributed by atoms with Gasteiger partial charge in [-0.2, -0.15) is 5.10 Å². The standard InChI is InChI=1S/C3H5N3O/c4-3-2(7)1-5-6-3/h5H,1H2,(H2,4,6). The SMILES string of the molecule is NC1=NNCC1=O. The molecule has 0 aromatic heterocycles. The van der Waals surface area contributed by atoms with E-state index >= 15 is 0 Å². The van der Waals surface area contributed by atoms with Crippen LogP contribution in [0.5, 0.6) is 0 Å². The van der Waals surface area contributed by atoms with Crippen LogP contribution >= 0.6 is 0 Å². The lowest BCUT2D eigenvalue weighted by molar-refractivity contribution is -0.111. The highest BCUT2D eigenvalue weighted by atomic mass is 16.1. The minimum atomic E-state index is -0.125. The number of nitrogens with two attached hydrogens (primary N) is 1. The molecule has 0 aromatic carbocycles. The second-order valence-electron chi connectivity index (χ2n) is 1.26. The Morgan fingerprint density at radius 1 is 1.86 bits per heavy atom. The Morgan fingerprint density at radius 2 is 2.57 bits per heavy atom. The number of nitrogens with zero attached hydrogens (tertiary/aromatic N) is 1. The highest BCUT2D eigenvalue weighted by Gasteiger charge is 2.10. The lowest BCUT2D eigenvalue weighted by Crippen LogP contribution is -2.21. The molecule has 0 unspecified atom stereocenters. The van der Waals surface area contributed by atoms with E-state index in [0.29, 0.717) is 0 Å². The third-order valence-electron chi connectivity index (χ3n) is 0.725. The number of hydrazone groups is 1. The van der Waals surface area contributed by atoms with Gasteiger partial charge in [0.15, 0.2) is 5.84 Å². The van der Waals surface area contributed by atoms with Gasteiger partial charge in [0, 0.05) is 0 Å². The van der Waals surface area contributed by atoms with Gasteiger partial charge in [0.25, 0.3) is 0 Å². The molecular formula is C3H5N3O. The molecule has 38 valence electrons. The molecular weight excluding hydrogens is 94.1 g/mol. The average molecular weight is 99.1 g/mol. The Balaban J connectivity index is 2.72. The Kier molecular flexibility index (Phi) is 0.714. The molecule has 0 spiro atoms. The summed E-state index contributed by atoms with van der Waals surface area (Å²) in [5.41, 5.74) is 7.45. The Hall–Kier alpha value is -1.06. The van der Waals surface area contributed by atoms with Crippen molar-refractivity contribution < 1.29 is 4.79 Å². The van der Waals surface area contributed by atoms with Crippen LogP contribution in [0.4, 0.5) is 0 Å². The minimum Gasteiger partial charge on any atom is -0.379 e. The van der Waals surface area contributed by atoms with E-state index in [1.54, 1.807) is 0 Å². The van der Waals surface area contributed by atoms with Crippen molar-refractivity contribution in [2.45, 2.75) is 0 Å². The maximum atomic E-state index is 10.3. The molecule has 0 amide bonds. The summed E-state index contributed by atoms with van der Waals surface area (Å²) >= 11 is 0. The normalized spacial score (nSPS) is 18.9. The van der Waals surface area contributed by atoms with Crippen molar-refractivity contribution in [3.05, 3.63) is 0 Å². The van der Waals surface area contributed by atoms with Gasteiger partial charge in [-0.05, 0) is 0 Å². The molecule has 0 bridgehead atoms. The van der Waals surface area contributed by atoms with Gasteiger partial charge in [-0.1, -0.05) is 0 Å². The Morgan fingerprint density at radius 3 is 2.71 bits per heavy atom. The third-order valence-corrected chi connectivity index (χ3v) is 0.725. The lowest BCUT2D eigenvalue weighted by atomic mass is 10.4. The molecule has 0 saturated carbocycles. The largest absolute Gasteiger partial charge is 0.379 e. The van der Waals surface area contributed by atoms with Gasteiger partial charge in [-0.15, -0.1) is 0 Å². The van der Waals surface area contributed by atoms with Crippen molar-refractivity contribution >= 4 is 11.6 Å². The molecule has 1 aliphatic heterocycles. The van der Waals surface area contributed by atoms with Crippen LogP contribution in [0.15, 0.2) is 5.10 Å². The van der Waals surface area contributed by atoms with E-state index in [4.69, 9.17) is 5.73 Å². The number of hydrogen-bond donors (Lipinski definition) is 2. The van der Waals surface area contributed by atoms with E-state index < -0.39 is 0 Å². The van der Waals surface area contributed by atoms with Crippen molar-refractivity contribution in [1.82, 2.24) is 5.43 Å². The summed E-state index contributed by atoms with van der Waals surface area (Å²) < 4.78 is 0. The van der Waals surface area contributed by atoms with Crippen molar-refractivity contribution in [3.63, 3.8) is 0 Å². The number of amidine groups is 1. The molecule has 0 aliphatic carbocycles. The quantitative estimate of drug-likeness (QED) is 0.385. The molecule has 0 fully saturated rings. The predicted octanol–water partition coefficient (Wildman–Crippen LogP) is -1.57. The summed E-state index contributed by atoms with van der Waals surface area (Å²) in [7, 11) is 0. The number of Topliss-reactive ketones (excluding diaryl/α,β-unsaturated/α-hetero) is 1. The fraction of sp³-hybridized carbons (Fsp3) is 0.333. The van der Waals surface area contributed by atoms with Crippen LogP contribution < -0.4 is 11.2 Å². The van der Waals surface area contributed by atoms with Crippen LogP contribution in [0.3, 0.4) is 0 Å². The number of ketones is 1. The second-order valence-corrected chi connectivity index (χ2v) is 1.26. The molecule has 1 rings (SSSR count). The Bertz CT molecular complexity index is 128. The minimum absolute atomic E-state index is 0.0833. The second kappa shape index (κ2) is 1.22. The molecule has 0 aromatic rings. The van der Waals surface area contributed by atoms with Crippen LogP contribution in [0.2, 0.25) is 0 Å². The smallest absolute Gasteiger partial charge is 0.219 e. The van der Waals surface area contributed by atoms with Gasteiger partial charge in [0.2, 0.25) is 5.78 Å². The monoisotopic (exact) mass is 99.0 g/mol. The number of hydrogen-bond acceptors (Lipinski definition) is 4. The zero-order chi connectivity index (χ0) is 5.28. The van der Waals surface area contributed by atoms with Crippen LogP contribution in [-0.2, 0) is 4.79 Å². The first-order chi connectivity index (χ1) is 3.30. The molecule has 7 heavy (non-hydrogen) atoms. The molecule has 0 radical (unpaired) electrons. The maximum absolute atomic E-state index is 10.3. The zero-order valence-corrected chi connectivity index (χ0v) is 3.64. The molecule has 0 atom stereocenters. The van der Waals surface area contributed by atoms with Gasteiger partial charge in [-0.3, -0.25) is 10.2 Å². The first-order valence-corrected chi connectivity index (χ1v) is 1.90. The van der Waals surface area contributed by atoms with Crippen LogP contribution in [0.1, 0.15) is 0 Å². The Labute approximate surface area is 40.4 Å². The highest BCUT2D eigenvalue weighted by Crippen LogP contribution is 1.78. The molecule has 3 N–H and O–H groups in total. The number of carbonyl (C=O) groups is 1. The van der Waals surface area contributed by atoms with Crippen LogP contribution in [0, 0.1) is 0 Å². The third kappa shape index (κ3) is 0.534. The summed E-state index contributed by atoms with van der Waals surface area (Å²) in [6, 6.07) is 0. The van der Waals surface area contributed by atoms with E-state index in [-0.39, 0.29) is 18.2 Å². The first kappa shape index (κ1) is 4.11. The summed E-state index contributed by atoms with van der Waals surface area (Å²) in [5, 5.41) is 3.41. The van der Waals surface area contributed by atoms with Gasteiger partial charge in [-0.25, -0.2) is 0 Å². The van der Waals surface area contributed by atoms with Crippen molar-refractivity contribution in [1.29, 1.82) is 0 Å².